The van der Waals surface area contributed by atoms with Crippen LogP contribution in [0.15, 0.2) is 48.7 Å². The number of rotatable bonds is 11. The second-order valence-corrected chi connectivity index (χ2v) is 7.16. The Morgan fingerprint density at radius 3 is 2.97 bits per heavy atom. The fourth-order valence-corrected chi connectivity index (χ4v) is 3.44. The lowest BCUT2D eigenvalue weighted by atomic mass is 9.93. The SMILES string of the molecule is CCCC(=O)ON1CONC1(CCCCNc1ccccn1)c1cccc(OC)c1. The summed E-state index contributed by atoms with van der Waals surface area (Å²) in [5.74, 6) is 1.32. The minimum Gasteiger partial charge on any atom is -0.497 e. The van der Waals surface area contributed by atoms with Crippen LogP contribution in [-0.4, -0.2) is 36.4 Å². The Balaban J connectivity index is 1.69. The first kappa shape index (κ1) is 22.0. The summed E-state index contributed by atoms with van der Waals surface area (Å²) in [5, 5.41) is 4.92. The number of nitrogens with zero attached hydrogens (tertiary/aromatic N) is 2. The largest absolute Gasteiger partial charge is 0.497 e. The Bertz CT molecular complexity index is 805. The zero-order valence-corrected chi connectivity index (χ0v) is 17.6. The van der Waals surface area contributed by atoms with Crippen molar-refractivity contribution < 1.29 is 19.2 Å². The predicted molar refractivity (Wildman–Crippen MR) is 113 cm³/mol. The van der Waals surface area contributed by atoms with E-state index in [9.17, 15) is 4.79 Å². The van der Waals surface area contributed by atoms with Crippen LogP contribution in [0.3, 0.4) is 0 Å². The van der Waals surface area contributed by atoms with Crippen molar-refractivity contribution in [3.63, 3.8) is 0 Å². The van der Waals surface area contributed by atoms with E-state index in [1.165, 1.54) is 0 Å². The third kappa shape index (κ3) is 5.47. The van der Waals surface area contributed by atoms with Crippen LogP contribution in [0.25, 0.3) is 0 Å². The average Bonchev–Trinajstić information content (AvgIpc) is 3.17. The minimum absolute atomic E-state index is 0.152. The van der Waals surface area contributed by atoms with Crippen LogP contribution in [-0.2, 0) is 20.1 Å². The van der Waals surface area contributed by atoms with Gasteiger partial charge in [-0.15, -0.1) is 0 Å². The summed E-state index contributed by atoms with van der Waals surface area (Å²) in [6, 6.07) is 13.5. The first-order valence-electron chi connectivity index (χ1n) is 10.3. The molecule has 1 aromatic carbocycles. The van der Waals surface area contributed by atoms with Gasteiger partial charge in [-0.05, 0) is 55.5 Å². The predicted octanol–water partition coefficient (Wildman–Crippen LogP) is 3.58. The molecular weight excluding hydrogens is 384 g/mol. The Morgan fingerprint density at radius 2 is 2.20 bits per heavy atom. The van der Waals surface area contributed by atoms with Crippen LogP contribution >= 0.6 is 0 Å². The molecule has 1 atom stereocenters. The molecular formula is C22H30N4O4. The molecule has 0 aliphatic carbocycles. The van der Waals surface area contributed by atoms with E-state index in [1.54, 1.807) is 18.4 Å². The number of methoxy groups -OCH3 is 1. The van der Waals surface area contributed by atoms with Gasteiger partial charge in [0.2, 0.25) is 0 Å². The average molecular weight is 415 g/mol. The fraction of sp³-hybridized carbons (Fsp3) is 0.455. The van der Waals surface area contributed by atoms with Gasteiger partial charge in [0.25, 0.3) is 0 Å². The van der Waals surface area contributed by atoms with Crippen LogP contribution in [0, 0.1) is 0 Å². The number of aromatic nitrogens is 1. The van der Waals surface area contributed by atoms with Gasteiger partial charge < -0.3 is 14.9 Å². The number of carbonyl (C=O) groups is 1. The van der Waals surface area contributed by atoms with E-state index in [2.05, 4.69) is 15.8 Å². The molecule has 1 unspecified atom stereocenters. The van der Waals surface area contributed by atoms with Crippen molar-refractivity contribution in [2.75, 3.05) is 25.7 Å². The third-order valence-corrected chi connectivity index (χ3v) is 5.00. The van der Waals surface area contributed by atoms with Crippen molar-refractivity contribution in [1.82, 2.24) is 15.5 Å². The number of ether oxygens (including phenoxy) is 1. The van der Waals surface area contributed by atoms with Gasteiger partial charge >= 0.3 is 5.97 Å². The van der Waals surface area contributed by atoms with Gasteiger partial charge in [-0.1, -0.05) is 30.2 Å². The standard InChI is InChI=1S/C22H30N4O4/c1-3-9-21(27)30-26-17-29-25-22(26,18-10-8-11-19(16-18)28-2)13-5-7-15-24-20-12-4-6-14-23-20/h4,6,8,10-12,14,16,25H,3,5,7,9,13,15,17H2,1-2H3,(H,23,24). The number of unbranched alkanes of at least 4 members (excludes halogenated alkanes) is 1. The van der Waals surface area contributed by atoms with E-state index in [1.807, 2.05) is 49.4 Å². The number of carbonyl (C=O) groups excluding carboxylic acids is 1. The summed E-state index contributed by atoms with van der Waals surface area (Å²) < 4.78 is 5.39. The van der Waals surface area contributed by atoms with E-state index >= 15 is 0 Å². The summed E-state index contributed by atoms with van der Waals surface area (Å²) in [5.41, 5.74) is 3.25. The van der Waals surface area contributed by atoms with Crippen LogP contribution in [0.4, 0.5) is 5.82 Å². The van der Waals surface area contributed by atoms with Gasteiger partial charge in [-0.3, -0.25) is 9.63 Å². The summed E-state index contributed by atoms with van der Waals surface area (Å²) >= 11 is 0. The molecule has 8 nitrogen and oxygen atoms in total. The van der Waals surface area contributed by atoms with E-state index in [-0.39, 0.29) is 12.7 Å². The summed E-state index contributed by atoms with van der Waals surface area (Å²) in [6.07, 6.45) is 5.33. The number of hydroxylamine groups is 3. The number of benzene rings is 1. The lowest BCUT2D eigenvalue weighted by molar-refractivity contribution is -0.220. The van der Waals surface area contributed by atoms with Crippen LogP contribution in [0.1, 0.15) is 44.6 Å². The molecule has 162 valence electrons. The van der Waals surface area contributed by atoms with Crippen molar-refractivity contribution in [2.24, 2.45) is 0 Å². The van der Waals surface area contributed by atoms with Crippen LogP contribution in [0.2, 0.25) is 0 Å². The Kier molecular flexibility index (Phi) is 8.01. The first-order valence-corrected chi connectivity index (χ1v) is 10.3. The Hall–Kier alpha value is -2.68. The maximum Gasteiger partial charge on any atom is 0.325 e. The van der Waals surface area contributed by atoms with Crippen molar-refractivity contribution in [2.45, 2.75) is 44.7 Å². The van der Waals surface area contributed by atoms with E-state index in [0.29, 0.717) is 12.8 Å². The molecule has 0 saturated carbocycles. The van der Waals surface area contributed by atoms with Gasteiger partial charge in [-0.25, -0.2) is 4.98 Å². The van der Waals surface area contributed by atoms with Crippen LogP contribution < -0.4 is 15.5 Å². The second-order valence-electron chi connectivity index (χ2n) is 7.16. The lowest BCUT2D eigenvalue weighted by Crippen LogP contribution is -2.49. The van der Waals surface area contributed by atoms with Gasteiger partial charge in [0.05, 0.1) is 7.11 Å². The van der Waals surface area contributed by atoms with Crippen LogP contribution in [0.5, 0.6) is 5.75 Å². The lowest BCUT2D eigenvalue weighted by Gasteiger charge is -2.35. The number of hydrogen-bond acceptors (Lipinski definition) is 8. The molecule has 3 rings (SSSR count). The monoisotopic (exact) mass is 414 g/mol. The summed E-state index contributed by atoms with van der Waals surface area (Å²) in [7, 11) is 1.63. The number of nitrogens with one attached hydrogen (secondary N) is 2. The molecule has 1 fully saturated rings. The zero-order valence-electron chi connectivity index (χ0n) is 17.6. The molecule has 30 heavy (non-hydrogen) atoms. The quantitative estimate of drug-likeness (QED) is 0.540. The number of pyridine rings is 1. The van der Waals surface area contributed by atoms with E-state index in [4.69, 9.17) is 14.4 Å². The van der Waals surface area contributed by atoms with E-state index in [0.717, 1.165) is 42.9 Å². The highest BCUT2D eigenvalue weighted by Crippen LogP contribution is 2.36. The van der Waals surface area contributed by atoms with Crippen molar-refractivity contribution in [1.29, 1.82) is 0 Å². The summed E-state index contributed by atoms with van der Waals surface area (Å²) in [6.45, 7) is 2.89. The number of anilines is 1. The van der Waals surface area contributed by atoms with Gasteiger partial charge in [0.15, 0.2) is 12.4 Å². The highest BCUT2D eigenvalue weighted by Gasteiger charge is 2.46. The molecule has 1 aliphatic heterocycles. The maximum absolute atomic E-state index is 12.2. The molecule has 0 radical (unpaired) electrons. The molecule has 2 aromatic rings. The molecule has 2 N–H and O–H groups in total. The van der Waals surface area contributed by atoms with Crippen molar-refractivity contribution >= 4 is 11.8 Å². The molecule has 2 heterocycles. The fourth-order valence-electron chi connectivity index (χ4n) is 3.44. The van der Waals surface area contributed by atoms with Crippen molar-refractivity contribution in [3.8, 4) is 5.75 Å². The molecule has 1 aliphatic rings. The first-order chi connectivity index (χ1) is 14.7. The smallest absolute Gasteiger partial charge is 0.325 e. The normalized spacial score (nSPS) is 18.9. The topological polar surface area (TPSA) is 85.0 Å². The van der Waals surface area contributed by atoms with E-state index < -0.39 is 5.66 Å². The van der Waals surface area contributed by atoms with Gasteiger partial charge in [-0.2, -0.15) is 5.48 Å². The molecule has 1 aromatic heterocycles. The molecule has 0 spiro atoms. The Labute approximate surface area is 177 Å². The summed E-state index contributed by atoms with van der Waals surface area (Å²) in [4.78, 5) is 27.7. The van der Waals surface area contributed by atoms with Gasteiger partial charge in [0, 0.05) is 19.2 Å². The zero-order chi connectivity index (χ0) is 21.2. The highest BCUT2D eigenvalue weighted by molar-refractivity contribution is 5.69. The minimum atomic E-state index is -0.775. The maximum atomic E-state index is 12.2. The van der Waals surface area contributed by atoms with Gasteiger partial charge in [0.1, 0.15) is 11.6 Å². The molecule has 8 heteroatoms. The molecule has 0 bridgehead atoms. The Morgan fingerprint density at radius 1 is 1.30 bits per heavy atom. The molecule has 0 amide bonds. The molecule has 1 saturated heterocycles. The highest BCUT2D eigenvalue weighted by atomic mass is 16.8. The second kappa shape index (κ2) is 10.9. The third-order valence-electron chi connectivity index (χ3n) is 5.00. The van der Waals surface area contributed by atoms with Crippen molar-refractivity contribution in [3.05, 3.63) is 54.2 Å². The number of hydrogen-bond donors (Lipinski definition) is 2.